The van der Waals surface area contributed by atoms with Crippen LogP contribution in [-0.2, 0) is 11.2 Å². The van der Waals surface area contributed by atoms with Crippen LogP contribution in [0, 0.1) is 19.8 Å². The van der Waals surface area contributed by atoms with Crippen LogP contribution in [0.1, 0.15) is 34.2 Å². The third-order valence-electron chi connectivity index (χ3n) is 4.71. The Balaban J connectivity index is 1.36. The number of likely N-dealkylation sites (tertiary alicyclic amines) is 1. The normalized spacial score (nSPS) is 25.9. The minimum atomic E-state index is -0.0132. The molecule has 126 valence electrons. The fourth-order valence-electron chi connectivity index (χ4n) is 3.59. The standard InChI is InChI=1S/C17H20N4O3/c1-10-3-4-18-14(5-10)17(22)21-8-12-6-13(23-15(12)9-21)7-16-19-11(2)20-24-16/h3-5,12-13,15H,6-9H2,1-2H3/t12-,13-,15+/m0/s1. The van der Waals surface area contributed by atoms with Gasteiger partial charge >= 0.3 is 0 Å². The predicted molar refractivity (Wildman–Crippen MR) is 84.4 cm³/mol. The molecular weight excluding hydrogens is 308 g/mol. The van der Waals surface area contributed by atoms with E-state index in [0.29, 0.717) is 36.3 Å². The fraction of sp³-hybridized carbons (Fsp3) is 0.529. The van der Waals surface area contributed by atoms with Crippen LogP contribution in [0.25, 0.3) is 0 Å². The second-order valence-corrected chi connectivity index (χ2v) is 6.66. The molecule has 3 atom stereocenters. The Bertz CT molecular complexity index is 746. The quantitative estimate of drug-likeness (QED) is 0.850. The van der Waals surface area contributed by atoms with Gasteiger partial charge in [-0.2, -0.15) is 4.98 Å². The lowest BCUT2D eigenvalue weighted by Gasteiger charge is -2.18. The van der Waals surface area contributed by atoms with E-state index in [0.717, 1.165) is 18.5 Å². The topological polar surface area (TPSA) is 81.4 Å². The number of amides is 1. The number of hydrogen-bond donors (Lipinski definition) is 0. The summed E-state index contributed by atoms with van der Waals surface area (Å²) in [6.45, 7) is 5.11. The van der Waals surface area contributed by atoms with E-state index in [1.165, 1.54) is 0 Å². The molecule has 0 spiro atoms. The van der Waals surface area contributed by atoms with Crippen molar-refractivity contribution in [3.63, 3.8) is 0 Å². The maximum absolute atomic E-state index is 12.6. The van der Waals surface area contributed by atoms with Crippen molar-refractivity contribution in [2.45, 2.75) is 38.9 Å². The van der Waals surface area contributed by atoms with Crippen molar-refractivity contribution in [1.29, 1.82) is 0 Å². The van der Waals surface area contributed by atoms with Crippen molar-refractivity contribution >= 4 is 5.91 Å². The van der Waals surface area contributed by atoms with Gasteiger partial charge in [0, 0.05) is 25.2 Å². The average molecular weight is 328 g/mol. The van der Waals surface area contributed by atoms with Gasteiger partial charge in [-0.1, -0.05) is 5.16 Å². The van der Waals surface area contributed by atoms with E-state index in [4.69, 9.17) is 9.26 Å². The Morgan fingerprint density at radius 3 is 2.96 bits per heavy atom. The fourth-order valence-corrected chi connectivity index (χ4v) is 3.59. The third kappa shape index (κ3) is 2.91. The molecule has 2 aromatic heterocycles. The highest BCUT2D eigenvalue weighted by Gasteiger charge is 2.44. The molecule has 0 N–H and O–H groups in total. The van der Waals surface area contributed by atoms with E-state index in [9.17, 15) is 4.79 Å². The number of ether oxygens (including phenoxy) is 1. The highest BCUT2D eigenvalue weighted by molar-refractivity contribution is 5.92. The predicted octanol–water partition coefficient (Wildman–Crippen LogP) is 1.55. The van der Waals surface area contributed by atoms with Gasteiger partial charge in [-0.15, -0.1) is 0 Å². The lowest BCUT2D eigenvalue weighted by atomic mass is 10.0. The van der Waals surface area contributed by atoms with Crippen molar-refractivity contribution in [2.24, 2.45) is 5.92 Å². The highest BCUT2D eigenvalue weighted by Crippen LogP contribution is 2.34. The summed E-state index contributed by atoms with van der Waals surface area (Å²) in [5, 5.41) is 3.81. The van der Waals surface area contributed by atoms with Gasteiger partial charge in [-0.05, 0) is 38.0 Å². The molecule has 4 rings (SSSR count). The molecule has 0 unspecified atom stereocenters. The first-order valence-electron chi connectivity index (χ1n) is 8.25. The molecule has 2 aliphatic rings. The minimum Gasteiger partial charge on any atom is -0.372 e. The number of fused-ring (bicyclic) bond motifs is 1. The number of hydrogen-bond acceptors (Lipinski definition) is 6. The lowest BCUT2D eigenvalue weighted by Crippen LogP contribution is -2.32. The van der Waals surface area contributed by atoms with E-state index in [1.807, 2.05) is 24.0 Å². The molecule has 0 aliphatic carbocycles. The summed E-state index contributed by atoms with van der Waals surface area (Å²) < 4.78 is 11.3. The van der Waals surface area contributed by atoms with Crippen molar-refractivity contribution in [3.05, 3.63) is 41.3 Å². The second-order valence-electron chi connectivity index (χ2n) is 6.66. The maximum Gasteiger partial charge on any atom is 0.272 e. The third-order valence-corrected chi connectivity index (χ3v) is 4.71. The second kappa shape index (κ2) is 5.98. The molecule has 2 aliphatic heterocycles. The number of carbonyl (C=O) groups is 1. The summed E-state index contributed by atoms with van der Waals surface area (Å²) in [4.78, 5) is 22.9. The van der Waals surface area contributed by atoms with Gasteiger partial charge in [0.25, 0.3) is 5.91 Å². The van der Waals surface area contributed by atoms with Crippen LogP contribution in [0.3, 0.4) is 0 Å². The number of aromatic nitrogens is 3. The van der Waals surface area contributed by atoms with Crippen LogP contribution in [-0.4, -0.2) is 51.2 Å². The first kappa shape index (κ1) is 15.3. The van der Waals surface area contributed by atoms with Crippen LogP contribution in [0.5, 0.6) is 0 Å². The van der Waals surface area contributed by atoms with Crippen molar-refractivity contribution in [1.82, 2.24) is 20.0 Å². The van der Waals surface area contributed by atoms with Crippen LogP contribution >= 0.6 is 0 Å². The molecule has 7 heteroatoms. The Morgan fingerprint density at radius 2 is 2.25 bits per heavy atom. The monoisotopic (exact) mass is 328 g/mol. The van der Waals surface area contributed by atoms with Gasteiger partial charge in [0.15, 0.2) is 5.82 Å². The summed E-state index contributed by atoms with van der Waals surface area (Å²) in [6.07, 6.45) is 3.42. The Kier molecular flexibility index (Phi) is 3.80. The molecule has 1 amide bonds. The summed E-state index contributed by atoms with van der Waals surface area (Å²) in [5.74, 6) is 1.62. The van der Waals surface area contributed by atoms with Crippen LogP contribution < -0.4 is 0 Å². The summed E-state index contributed by atoms with van der Waals surface area (Å²) in [7, 11) is 0. The smallest absolute Gasteiger partial charge is 0.272 e. The van der Waals surface area contributed by atoms with Gasteiger partial charge in [-0.3, -0.25) is 9.78 Å². The highest BCUT2D eigenvalue weighted by atomic mass is 16.5. The SMILES string of the molecule is Cc1ccnc(C(=O)N2C[C@@H]3C[C@@H](Cc4nc(C)no4)O[C@@H]3C2)c1. The van der Waals surface area contributed by atoms with E-state index >= 15 is 0 Å². The number of nitrogens with zero attached hydrogens (tertiary/aromatic N) is 4. The molecular formula is C17H20N4O3. The van der Waals surface area contributed by atoms with Gasteiger partial charge in [-0.25, -0.2) is 0 Å². The van der Waals surface area contributed by atoms with Crippen molar-refractivity contribution < 1.29 is 14.1 Å². The van der Waals surface area contributed by atoms with Crippen molar-refractivity contribution in [2.75, 3.05) is 13.1 Å². The summed E-state index contributed by atoms with van der Waals surface area (Å²) in [5.41, 5.74) is 1.55. The molecule has 4 heterocycles. The van der Waals surface area contributed by atoms with Gasteiger partial charge in [0.05, 0.1) is 18.6 Å². The van der Waals surface area contributed by atoms with Crippen molar-refractivity contribution in [3.8, 4) is 0 Å². The summed E-state index contributed by atoms with van der Waals surface area (Å²) >= 11 is 0. The zero-order valence-electron chi connectivity index (χ0n) is 13.8. The van der Waals surface area contributed by atoms with Gasteiger partial charge in [0.1, 0.15) is 5.69 Å². The lowest BCUT2D eigenvalue weighted by molar-refractivity contribution is 0.0329. The average Bonchev–Trinajstić information content (AvgIpc) is 3.21. The number of aryl methyl sites for hydroxylation is 2. The summed E-state index contributed by atoms with van der Waals surface area (Å²) in [6, 6.07) is 3.72. The first-order chi connectivity index (χ1) is 11.6. The molecule has 2 saturated heterocycles. The number of carbonyl (C=O) groups excluding carboxylic acids is 1. The number of pyridine rings is 1. The van der Waals surface area contributed by atoms with Crippen LogP contribution in [0.15, 0.2) is 22.9 Å². The molecule has 2 aromatic rings. The first-order valence-corrected chi connectivity index (χ1v) is 8.25. The molecule has 0 bridgehead atoms. The zero-order valence-corrected chi connectivity index (χ0v) is 13.8. The molecule has 24 heavy (non-hydrogen) atoms. The molecule has 2 fully saturated rings. The maximum atomic E-state index is 12.6. The van der Waals surface area contributed by atoms with E-state index in [-0.39, 0.29) is 18.1 Å². The van der Waals surface area contributed by atoms with E-state index in [1.54, 1.807) is 13.1 Å². The van der Waals surface area contributed by atoms with Gasteiger partial charge < -0.3 is 14.2 Å². The Hall–Kier alpha value is -2.28. The van der Waals surface area contributed by atoms with E-state index in [2.05, 4.69) is 15.1 Å². The van der Waals surface area contributed by atoms with Gasteiger partial charge in [0.2, 0.25) is 5.89 Å². The van der Waals surface area contributed by atoms with Crippen LogP contribution in [0.2, 0.25) is 0 Å². The largest absolute Gasteiger partial charge is 0.372 e. The zero-order chi connectivity index (χ0) is 16.7. The number of rotatable bonds is 3. The Morgan fingerprint density at radius 1 is 1.38 bits per heavy atom. The molecule has 7 nitrogen and oxygen atoms in total. The molecule has 0 radical (unpaired) electrons. The molecule has 0 aromatic carbocycles. The van der Waals surface area contributed by atoms with Crippen LogP contribution in [0.4, 0.5) is 0 Å². The van der Waals surface area contributed by atoms with E-state index < -0.39 is 0 Å². The Labute approximate surface area is 140 Å². The molecule has 0 saturated carbocycles. The minimum absolute atomic E-state index is 0.0132.